The summed E-state index contributed by atoms with van der Waals surface area (Å²) < 4.78 is 10.4. The van der Waals surface area contributed by atoms with Crippen molar-refractivity contribution in [3.05, 3.63) is 75.8 Å². The van der Waals surface area contributed by atoms with E-state index in [1.807, 2.05) is 0 Å². The Hall–Kier alpha value is -3.72. The topological polar surface area (TPSA) is 108 Å². The van der Waals surface area contributed by atoms with Crippen LogP contribution in [0.3, 0.4) is 0 Å². The molecule has 0 radical (unpaired) electrons. The maximum atomic E-state index is 12.5. The Bertz CT molecular complexity index is 1080. The van der Waals surface area contributed by atoms with Crippen molar-refractivity contribution in [1.82, 2.24) is 0 Å². The first-order valence-corrected chi connectivity index (χ1v) is 9.81. The highest BCUT2D eigenvalue weighted by molar-refractivity contribution is 7.20. The minimum absolute atomic E-state index is 0.0386. The summed E-state index contributed by atoms with van der Waals surface area (Å²) in [6.45, 7) is 3.59. The van der Waals surface area contributed by atoms with Gasteiger partial charge in [-0.1, -0.05) is 18.2 Å². The van der Waals surface area contributed by atoms with Gasteiger partial charge in [0.05, 0.1) is 17.1 Å². The summed E-state index contributed by atoms with van der Waals surface area (Å²) in [5.41, 5.74) is 1.46. The number of anilines is 1. The van der Waals surface area contributed by atoms with Crippen molar-refractivity contribution >= 4 is 34.1 Å². The van der Waals surface area contributed by atoms with E-state index < -0.39 is 17.0 Å². The maximum absolute atomic E-state index is 12.5. The van der Waals surface area contributed by atoms with Crippen molar-refractivity contribution in [2.75, 3.05) is 11.9 Å². The average Bonchev–Trinajstić information content (AvgIpc) is 3.04. The number of para-hydroxylation sites is 1. The van der Waals surface area contributed by atoms with Crippen LogP contribution in [0.4, 0.5) is 15.5 Å². The van der Waals surface area contributed by atoms with Gasteiger partial charge < -0.3 is 9.47 Å². The highest BCUT2D eigenvalue weighted by Gasteiger charge is 2.25. The van der Waals surface area contributed by atoms with Gasteiger partial charge in [0.25, 0.3) is 5.69 Å². The van der Waals surface area contributed by atoms with Gasteiger partial charge >= 0.3 is 12.1 Å². The van der Waals surface area contributed by atoms with Gasteiger partial charge in [-0.3, -0.25) is 15.4 Å². The molecular weight excluding hydrogens is 408 g/mol. The van der Waals surface area contributed by atoms with Gasteiger partial charge in [0.15, 0.2) is 0 Å². The van der Waals surface area contributed by atoms with Gasteiger partial charge in [-0.05, 0) is 49.2 Å². The number of nitro benzene ring substituents is 1. The summed E-state index contributed by atoms with van der Waals surface area (Å²) in [6.07, 6.45) is -0.747. The van der Waals surface area contributed by atoms with E-state index >= 15 is 0 Å². The van der Waals surface area contributed by atoms with Crippen LogP contribution in [0.2, 0.25) is 0 Å². The molecule has 0 atom stereocenters. The quantitative estimate of drug-likeness (QED) is 0.320. The maximum Gasteiger partial charge on any atom is 0.417 e. The van der Waals surface area contributed by atoms with Crippen LogP contribution < -0.4 is 10.1 Å². The normalized spacial score (nSPS) is 10.3. The number of ether oxygens (including phenoxy) is 2. The molecule has 0 saturated carbocycles. The molecule has 0 aliphatic carbocycles. The molecule has 0 saturated heterocycles. The Balaban J connectivity index is 1.94. The number of benzene rings is 2. The monoisotopic (exact) mass is 426 g/mol. The number of nitrogens with zero attached hydrogens (tertiary/aromatic N) is 1. The fourth-order valence-corrected chi connectivity index (χ4v) is 3.96. The van der Waals surface area contributed by atoms with Crippen molar-refractivity contribution < 1.29 is 24.0 Å². The third-order valence-corrected chi connectivity index (χ3v) is 5.39. The van der Waals surface area contributed by atoms with Crippen LogP contribution >= 0.6 is 11.3 Å². The molecule has 0 fully saturated rings. The fourth-order valence-electron chi connectivity index (χ4n) is 2.77. The molecule has 3 rings (SSSR count). The smallest absolute Gasteiger partial charge is 0.417 e. The molecule has 1 heterocycles. The van der Waals surface area contributed by atoms with Crippen LogP contribution in [0.25, 0.3) is 10.4 Å². The van der Waals surface area contributed by atoms with Gasteiger partial charge in [-0.2, -0.15) is 0 Å². The number of carbonyl (C=O) groups excluding carboxylic acids is 2. The lowest BCUT2D eigenvalue weighted by Crippen LogP contribution is -2.18. The highest BCUT2D eigenvalue weighted by atomic mass is 32.1. The molecule has 0 spiro atoms. The average molecular weight is 426 g/mol. The number of rotatable bonds is 6. The molecule has 0 bridgehead atoms. The number of esters is 1. The number of amides is 1. The number of non-ortho nitro benzene ring substituents is 1. The minimum atomic E-state index is -0.747. The molecule has 1 amide bonds. The standard InChI is InChI=1S/C21H18N2O6S/c1-3-28-20(24)17-13(2)18(14-9-11-15(12-10-14)23(26)27)30-19(17)22-21(25)29-16-7-5-4-6-8-16/h4-12H,3H2,1-2H3,(H,22,25). The third-order valence-electron chi connectivity index (χ3n) is 4.14. The first-order chi connectivity index (χ1) is 14.4. The summed E-state index contributed by atoms with van der Waals surface area (Å²) >= 11 is 1.16. The number of hydrogen-bond acceptors (Lipinski definition) is 7. The van der Waals surface area contributed by atoms with E-state index in [0.29, 0.717) is 21.8 Å². The Kier molecular flexibility index (Phi) is 6.43. The number of nitro groups is 1. The molecule has 30 heavy (non-hydrogen) atoms. The van der Waals surface area contributed by atoms with Crippen LogP contribution in [0.5, 0.6) is 5.75 Å². The second kappa shape index (κ2) is 9.19. The zero-order chi connectivity index (χ0) is 21.7. The molecule has 0 aliphatic heterocycles. The SMILES string of the molecule is CCOC(=O)c1c(NC(=O)Oc2ccccc2)sc(-c2ccc([N+](=O)[O-])cc2)c1C. The number of carbonyl (C=O) groups is 2. The van der Waals surface area contributed by atoms with Crippen molar-refractivity contribution in [2.45, 2.75) is 13.8 Å². The second-order valence-electron chi connectivity index (χ2n) is 6.11. The van der Waals surface area contributed by atoms with E-state index in [2.05, 4.69) is 5.32 Å². The van der Waals surface area contributed by atoms with Crippen molar-refractivity contribution in [1.29, 1.82) is 0 Å². The van der Waals surface area contributed by atoms with Gasteiger partial charge in [0, 0.05) is 17.0 Å². The lowest BCUT2D eigenvalue weighted by Gasteiger charge is -2.07. The van der Waals surface area contributed by atoms with Gasteiger partial charge in [-0.15, -0.1) is 11.3 Å². The molecule has 9 heteroatoms. The summed E-state index contributed by atoms with van der Waals surface area (Å²) in [5, 5.41) is 13.8. The molecule has 0 aliphatic rings. The first-order valence-electron chi connectivity index (χ1n) is 9.00. The first kappa shape index (κ1) is 21.0. The molecule has 0 unspecified atom stereocenters. The lowest BCUT2D eigenvalue weighted by molar-refractivity contribution is -0.384. The van der Waals surface area contributed by atoms with Crippen molar-refractivity contribution in [2.24, 2.45) is 0 Å². The van der Waals surface area contributed by atoms with Crippen LogP contribution in [0.15, 0.2) is 54.6 Å². The van der Waals surface area contributed by atoms with E-state index in [4.69, 9.17) is 9.47 Å². The van der Waals surface area contributed by atoms with E-state index in [0.717, 1.165) is 11.3 Å². The summed E-state index contributed by atoms with van der Waals surface area (Å²) in [4.78, 5) is 35.9. The van der Waals surface area contributed by atoms with E-state index in [-0.39, 0.29) is 22.9 Å². The summed E-state index contributed by atoms with van der Waals surface area (Å²) in [5.74, 6) is -0.217. The van der Waals surface area contributed by atoms with Crippen LogP contribution in [0, 0.1) is 17.0 Å². The van der Waals surface area contributed by atoms with E-state index in [1.165, 1.54) is 12.1 Å². The Morgan fingerprint density at radius 2 is 1.77 bits per heavy atom. The zero-order valence-electron chi connectivity index (χ0n) is 16.2. The van der Waals surface area contributed by atoms with Crippen molar-refractivity contribution in [3.63, 3.8) is 0 Å². The Morgan fingerprint density at radius 3 is 2.37 bits per heavy atom. The highest BCUT2D eigenvalue weighted by Crippen LogP contribution is 2.40. The molecule has 3 aromatic rings. The number of hydrogen-bond donors (Lipinski definition) is 1. The Morgan fingerprint density at radius 1 is 1.10 bits per heavy atom. The second-order valence-corrected chi connectivity index (χ2v) is 7.13. The predicted molar refractivity (Wildman–Crippen MR) is 113 cm³/mol. The fraction of sp³-hybridized carbons (Fsp3) is 0.143. The summed E-state index contributed by atoms with van der Waals surface area (Å²) in [7, 11) is 0. The lowest BCUT2D eigenvalue weighted by atomic mass is 10.1. The molecule has 2 aromatic carbocycles. The third kappa shape index (κ3) is 4.64. The van der Waals surface area contributed by atoms with Crippen molar-refractivity contribution in [3.8, 4) is 16.2 Å². The van der Waals surface area contributed by atoms with Crippen LogP contribution in [-0.2, 0) is 4.74 Å². The Labute approximate surface area is 176 Å². The van der Waals surface area contributed by atoms with Crippen LogP contribution in [-0.4, -0.2) is 23.6 Å². The minimum Gasteiger partial charge on any atom is -0.462 e. The molecule has 154 valence electrons. The molecule has 1 N–H and O–H groups in total. The summed E-state index contributed by atoms with van der Waals surface area (Å²) in [6, 6.07) is 14.5. The molecular formula is C21H18N2O6S. The largest absolute Gasteiger partial charge is 0.462 e. The zero-order valence-corrected chi connectivity index (χ0v) is 17.0. The van der Waals surface area contributed by atoms with E-state index in [9.17, 15) is 19.7 Å². The van der Waals surface area contributed by atoms with E-state index in [1.54, 1.807) is 56.3 Å². The predicted octanol–water partition coefficient (Wildman–Crippen LogP) is 5.42. The van der Waals surface area contributed by atoms with Gasteiger partial charge in [-0.25, -0.2) is 9.59 Å². The molecule has 8 nitrogen and oxygen atoms in total. The number of nitrogens with one attached hydrogen (secondary N) is 1. The molecule has 1 aromatic heterocycles. The van der Waals surface area contributed by atoms with Gasteiger partial charge in [0.2, 0.25) is 0 Å². The number of thiophene rings is 1. The van der Waals surface area contributed by atoms with Crippen LogP contribution in [0.1, 0.15) is 22.8 Å². The van der Waals surface area contributed by atoms with Gasteiger partial charge in [0.1, 0.15) is 10.8 Å².